The Labute approximate surface area is 99.6 Å². The molecule has 0 saturated heterocycles. The summed E-state index contributed by atoms with van der Waals surface area (Å²) < 4.78 is 0. The monoisotopic (exact) mass is 220 g/mol. The molecule has 1 rings (SSSR count). The molecule has 0 heterocycles. The zero-order valence-electron chi connectivity index (χ0n) is 10.7. The number of carbonyl (C=O) groups excluding carboxylic acids is 1. The first-order chi connectivity index (χ1) is 7.77. The molecule has 1 nitrogen and oxygen atoms in total. The Morgan fingerprint density at radius 3 is 2.69 bits per heavy atom. The van der Waals surface area contributed by atoms with E-state index < -0.39 is 0 Å². The van der Waals surface area contributed by atoms with Gasteiger partial charge in [0.05, 0.1) is 0 Å². The summed E-state index contributed by atoms with van der Waals surface area (Å²) in [6, 6.07) is 0. The number of Topliss-reactive ketones (excluding diaryl/α,β-unsaturated/α-hetero) is 1. The Balaban J connectivity index is 2.32. The molecule has 0 N–H and O–H groups in total. The van der Waals surface area contributed by atoms with Crippen LogP contribution in [0.25, 0.3) is 0 Å². The number of carbonyl (C=O) groups is 1. The zero-order chi connectivity index (χ0) is 11.8. The Kier molecular flexibility index (Phi) is 6.14. The van der Waals surface area contributed by atoms with Gasteiger partial charge in [-0.05, 0) is 30.4 Å². The molecule has 0 atom stereocenters. The normalized spacial score (nSPS) is 18.2. The van der Waals surface area contributed by atoms with Crippen LogP contribution >= 0.6 is 0 Å². The predicted molar refractivity (Wildman–Crippen MR) is 69.5 cm³/mol. The average molecular weight is 220 g/mol. The Morgan fingerprint density at radius 2 is 2.00 bits per heavy atom. The van der Waals surface area contributed by atoms with Crippen molar-refractivity contribution in [3.63, 3.8) is 0 Å². The lowest BCUT2D eigenvalue weighted by molar-refractivity contribution is -0.114. The van der Waals surface area contributed by atoms with Crippen molar-refractivity contribution in [1.29, 1.82) is 0 Å². The zero-order valence-corrected chi connectivity index (χ0v) is 10.7. The topological polar surface area (TPSA) is 17.1 Å². The summed E-state index contributed by atoms with van der Waals surface area (Å²) >= 11 is 0. The van der Waals surface area contributed by atoms with Gasteiger partial charge in [-0.25, -0.2) is 0 Å². The van der Waals surface area contributed by atoms with E-state index in [1.807, 2.05) is 0 Å². The maximum Gasteiger partial charge on any atom is 0.163 e. The minimum absolute atomic E-state index is 0.349. The standard InChI is InChI=1S/C15H24O/c1-3-5-6-7-8-10-13-11-14(9-4-2)15(16)12-13/h10-11H,3-9,12H2,1-2H3/b13-10+. The third-order valence-corrected chi connectivity index (χ3v) is 3.07. The number of hydrogen-bond acceptors (Lipinski definition) is 1. The van der Waals surface area contributed by atoms with Crippen LogP contribution in [0, 0.1) is 0 Å². The number of unbranched alkanes of at least 4 members (excludes halogenated alkanes) is 4. The van der Waals surface area contributed by atoms with E-state index in [4.69, 9.17) is 0 Å². The van der Waals surface area contributed by atoms with E-state index in [9.17, 15) is 4.79 Å². The molecular formula is C15H24O. The van der Waals surface area contributed by atoms with Crippen molar-refractivity contribution in [3.05, 3.63) is 23.3 Å². The van der Waals surface area contributed by atoms with Gasteiger partial charge in [-0.2, -0.15) is 0 Å². The highest BCUT2D eigenvalue weighted by Crippen LogP contribution is 2.24. The molecule has 0 aromatic heterocycles. The van der Waals surface area contributed by atoms with Crippen LogP contribution in [0.4, 0.5) is 0 Å². The maximum absolute atomic E-state index is 11.6. The number of ketones is 1. The van der Waals surface area contributed by atoms with E-state index in [0.717, 1.165) is 24.8 Å². The Bertz CT molecular complexity index is 284. The van der Waals surface area contributed by atoms with Gasteiger partial charge < -0.3 is 0 Å². The van der Waals surface area contributed by atoms with Crippen LogP contribution in [0.2, 0.25) is 0 Å². The van der Waals surface area contributed by atoms with Crippen LogP contribution in [0.1, 0.15) is 65.2 Å². The molecule has 0 aromatic carbocycles. The molecule has 1 heteroatoms. The highest BCUT2D eigenvalue weighted by Gasteiger charge is 2.17. The highest BCUT2D eigenvalue weighted by atomic mass is 16.1. The molecule has 1 aliphatic carbocycles. The van der Waals surface area contributed by atoms with Gasteiger partial charge in [-0.15, -0.1) is 0 Å². The molecule has 16 heavy (non-hydrogen) atoms. The lowest BCUT2D eigenvalue weighted by Crippen LogP contribution is -1.94. The molecule has 90 valence electrons. The van der Waals surface area contributed by atoms with Crippen LogP contribution in [-0.2, 0) is 4.79 Å². The molecule has 0 aromatic rings. The molecule has 1 aliphatic rings. The molecule has 0 spiro atoms. The van der Waals surface area contributed by atoms with Crippen molar-refractivity contribution >= 4 is 5.78 Å². The van der Waals surface area contributed by atoms with E-state index in [0.29, 0.717) is 12.2 Å². The number of rotatable bonds is 7. The minimum Gasteiger partial charge on any atom is -0.294 e. The van der Waals surface area contributed by atoms with E-state index in [1.54, 1.807) is 0 Å². The van der Waals surface area contributed by atoms with Gasteiger partial charge in [-0.1, -0.05) is 51.7 Å². The first-order valence-corrected chi connectivity index (χ1v) is 6.70. The smallest absolute Gasteiger partial charge is 0.163 e. The number of hydrogen-bond donors (Lipinski definition) is 0. The van der Waals surface area contributed by atoms with Crippen molar-refractivity contribution in [2.45, 2.75) is 65.2 Å². The molecule has 0 bridgehead atoms. The van der Waals surface area contributed by atoms with Crippen molar-refractivity contribution in [1.82, 2.24) is 0 Å². The SMILES string of the molecule is CCCCCC/C=C1\C=C(CCC)C(=O)C1. The number of allylic oxidation sites excluding steroid dienone is 4. The van der Waals surface area contributed by atoms with Crippen LogP contribution < -0.4 is 0 Å². The summed E-state index contributed by atoms with van der Waals surface area (Å²) in [6.45, 7) is 4.36. The third kappa shape index (κ3) is 4.34. The average Bonchev–Trinajstić information content (AvgIpc) is 2.60. The molecule has 0 fully saturated rings. The van der Waals surface area contributed by atoms with E-state index in [1.165, 1.54) is 31.3 Å². The first kappa shape index (κ1) is 13.2. The van der Waals surface area contributed by atoms with Gasteiger partial charge >= 0.3 is 0 Å². The first-order valence-electron chi connectivity index (χ1n) is 6.70. The summed E-state index contributed by atoms with van der Waals surface area (Å²) in [5.41, 5.74) is 2.30. The predicted octanol–water partition coefficient (Wildman–Crippen LogP) is 4.58. The van der Waals surface area contributed by atoms with E-state index in [2.05, 4.69) is 26.0 Å². The van der Waals surface area contributed by atoms with E-state index in [-0.39, 0.29) is 0 Å². The van der Waals surface area contributed by atoms with Gasteiger partial charge in [0.1, 0.15) is 0 Å². The van der Waals surface area contributed by atoms with Gasteiger partial charge in [0, 0.05) is 6.42 Å². The quantitative estimate of drug-likeness (QED) is 0.574. The fourth-order valence-corrected chi connectivity index (χ4v) is 2.12. The van der Waals surface area contributed by atoms with Crippen molar-refractivity contribution in [2.24, 2.45) is 0 Å². The van der Waals surface area contributed by atoms with Crippen LogP contribution in [0.15, 0.2) is 23.3 Å². The van der Waals surface area contributed by atoms with Gasteiger partial charge in [0.15, 0.2) is 5.78 Å². The Morgan fingerprint density at radius 1 is 1.19 bits per heavy atom. The third-order valence-electron chi connectivity index (χ3n) is 3.07. The summed E-state index contributed by atoms with van der Waals surface area (Å²) in [5.74, 6) is 0.349. The molecule has 0 amide bonds. The lowest BCUT2D eigenvalue weighted by Gasteiger charge is -1.95. The summed E-state index contributed by atoms with van der Waals surface area (Å²) in [6.07, 6.45) is 13.4. The molecular weight excluding hydrogens is 196 g/mol. The van der Waals surface area contributed by atoms with Crippen LogP contribution in [-0.4, -0.2) is 5.78 Å². The minimum atomic E-state index is 0.349. The fourth-order valence-electron chi connectivity index (χ4n) is 2.12. The maximum atomic E-state index is 11.6. The van der Waals surface area contributed by atoms with Crippen LogP contribution in [0.3, 0.4) is 0 Å². The van der Waals surface area contributed by atoms with Gasteiger partial charge in [-0.3, -0.25) is 4.79 Å². The van der Waals surface area contributed by atoms with Crippen molar-refractivity contribution in [3.8, 4) is 0 Å². The largest absolute Gasteiger partial charge is 0.294 e. The molecule has 0 unspecified atom stereocenters. The second kappa shape index (κ2) is 7.43. The Hall–Kier alpha value is -0.850. The van der Waals surface area contributed by atoms with Gasteiger partial charge in [0.2, 0.25) is 0 Å². The van der Waals surface area contributed by atoms with Crippen molar-refractivity contribution < 1.29 is 4.79 Å². The van der Waals surface area contributed by atoms with E-state index >= 15 is 0 Å². The molecule has 0 aliphatic heterocycles. The van der Waals surface area contributed by atoms with Crippen LogP contribution in [0.5, 0.6) is 0 Å². The second-order valence-corrected chi connectivity index (χ2v) is 4.65. The second-order valence-electron chi connectivity index (χ2n) is 4.65. The lowest BCUT2D eigenvalue weighted by atomic mass is 10.1. The molecule has 0 radical (unpaired) electrons. The summed E-state index contributed by atoms with van der Waals surface area (Å²) in [4.78, 5) is 11.6. The fraction of sp³-hybridized carbons (Fsp3) is 0.667. The van der Waals surface area contributed by atoms with Gasteiger partial charge in [0.25, 0.3) is 0 Å². The highest BCUT2D eigenvalue weighted by molar-refractivity contribution is 6.01. The summed E-state index contributed by atoms with van der Waals surface area (Å²) in [7, 11) is 0. The molecule has 0 saturated carbocycles. The van der Waals surface area contributed by atoms with Crippen molar-refractivity contribution in [2.75, 3.05) is 0 Å². The summed E-state index contributed by atoms with van der Waals surface area (Å²) in [5, 5.41) is 0.